The molecule has 0 bridgehead atoms. The predicted octanol–water partition coefficient (Wildman–Crippen LogP) is 5.57. The number of hydrogen-bond donors (Lipinski definition) is 0. The summed E-state index contributed by atoms with van der Waals surface area (Å²) in [7, 11) is 0. The van der Waals surface area contributed by atoms with Crippen molar-refractivity contribution in [1.82, 2.24) is 0 Å². The van der Waals surface area contributed by atoms with Crippen molar-refractivity contribution in [3.8, 4) is 0 Å². The molecule has 0 saturated heterocycles. The van der Waals surface area contributed by atoms with Gasteiger partial charge in [-0.3, -0.25) is 0 Å². The molecule has 0 radical (unpaired) electrons. The molecule has 0 N–H and O–H groups in total. The predicted molar refractivity (Wildman–Crippen MR) is 71.4 cm³/mol. The molecule has 0 aromatic heterocycles. The van der Waals surface area contributed by atoms with E-state index in [1.165, 1.54) is 5.57 Å². The molecule has 1 saturated carbocycles. The summed E-state index contributed by atoms with van der Waals surface area (Å²) >= 11 is 0. The Kier molecular flexibility index (Phi) is 3.66. The zero-order valence-corrected chi connectivity index (χ0v) is 11.9. The van der Waals surface area contributed by atoms with Crippen molar-refractivity contribution < 1.29 is 8.78 Å². The Morgan fingerprint density at radius 3 is 2.61 bits per heavy atom. The Labute approximate surface area is 109 Å². The van der Waals surface area contributed by atoms with Gasteiger partial charge in [0.2, 0.25) is 0 Å². The number of halogens is 2. The first-order valence-electron chi connectivity index (χ1n) is 7.08. The van der Waals surface area contributed by atoms with Gasteiger partial charge in [0.15, 0.2) is 0 Å². The van der Waals surface area contributed by atoms with Gasteiger partial charge >= 0.3 is 0 Å². The highest BCUT2D eigenvalue weighted by atomic mass is 19.3. The maximum atomic E-state index is 12.8. The molecule has 0 aromatic carbocycles. The van der Waals surface area contributed by atoms with Gasteiger partial charge in [0, 0.05) is 0 Å². The van der Waals surface area contributed by atoms with Crippen molar-refractivity contribution in [3.05, 3.63) is 23.3 Å². The largest absolute Gasteiger partial charge is 0.269 e. The third-order valence-corrected chi connectivity index (χ3v) is 5.49. The second-order valence-electron chi connectivity index (χ2n) is 6.62. The van der Waals surface area contributed by atoms with Crippen LogP contribution in [0.15, 0.2) is 23.3 Å². The van der Waals surface area contributed by atoms with Crippen molar-refractivity contribution in [2.75, 3.05) is 0 Å². The molecule has 1 fully saturated rings. The van der Waals surface area contributed by atoms with Crippen LogP contribution in [0.4, 0.5) is 8.78 Å². The van der Waals surface area contributed by atoms with E-state index in [2.05, 4.69) is 33.8 Å². The summed E-state index contributed by atoms with van der Waals surface area (Å²) in [4.78, 5) is 0. The van der Waals surface area contributed by atoms with Gasteiger partial charge in [-0.2, -0.15) is 8.78 Å². The first-order valence-corrected chi connectivity index (χ1v) is 7.08. The van der Waals surface area contributed by atoms with E-state index in [1.807, 2.05) is 0 Å². The maximum Gasteiger partial charge on any atom is 0.269 e. The summed E-state index contributed by atoms with van der Waals surface area (Å²) in [6.45, 7) is 9.15. The van der Waals surface area contributed by atoms with Crippen molar-refractivity contribution in [2.24, 2.45) is 23.2 Å². The van der Waals surface area contributed by atoms with Crippen LogP contribution in [0.25, 0.3) is 0 Å². The Morgan fingerprint density at radius 1 is 1.39 bits per heavy atom. The van der Waals surface area contributed by atoms with Gasteiger partial charge < -0.3 is 0 Å². The van der Waals surface area contributed by atoms with Gasteiger partial charge in [0.05, 0.1) is 0 Å². The molecule has 2 aliphatic rings. The number of rotatable bonds is 1. The standard InChI is InChI=1S/C16H24F2/c1-10(2)14-6-5-13-9-12(15(17)18)7-8-16(13,4)11(14)3/h5,10-11,14H,6-9H2,1-4H3/t11?,14?,16-/m1/s1. The molecule has 3 atom stereocenters. The molecule has 18 heavy (non-hydrogen) atoms. The van der Waals surface area contributed by atoms with Crippen LogP contribution >= 0.6 is 0 Å². The molecule has 0 heterocycles. The Balaban J connectivity index is 2.30. The third kappa shape index (κ3) is 2.15. The lowest BCUT2D eigenvalue weighted by Gasteiger charge is -2.49. The van der Waals surface area contributed by atoms with E-state index < -0.39 is 6.08 Å². The van der Waals surface area contributed by atoms with Gasteiger partial charge in [-0.1, -0.05) is 39.3 Å². The summed E-state index contributed by atoms with van der Waals surface area (Å²) in [5, 5.41) is 0. The van der Waals surface area contributed by atoms with E-state index in [0.29, 0.717) is 36.2 Å². The minimum atomic E-state index is -1.45. The highest BCUT2D eigenvalue weighted by molar-refractivity contribution is 5.30. The minimum Gasteiger partial charge on any atom is -0.173 e. The van der Waals surface area contributed by atoms with Crippen LogP contribution in [-0.2, 0) is 0 Å². The maximum absolute atomic E-state index is 12.8. The van der Waals surface area contributed by atoms with Gasteiger partial charge in [-0.15, -0.1) is 0 Å². The van der Waals surface area contributed by atoms with E-state index in [0.717, 1.165) is 12.8 Å². The average molecular weight is 254 g/mol. The fourth-order valence-corrected chi connectivity index (χ4v) is 3.88. The van der Waals surface area contributed by atoms with Crippen molar-refractivity contribution in [3.63, 3.8) is 0 Å². The Morgan fingerprint density at radius 2 is 2.06 bits per heavy atom. The topological polar surface area (TPSA) is 0 Å². The minimum absolute atomic E-state index is 0.145. The molecule has 0 nitrogen and oxygen atoms in total. The van der Waals surface area contributed by atoms with Crippen LogP contribution in [0.3, 0.4) is 0 Å². The smallest absolute Gasteiger partial charge is 0.173 e. The van der Waals surface area contributed by atoms with Crippen LogP contribution in [0.5, 0.6) is 0 Å². The molecule has 2 rings (SSSR count). The van der Waals surface area contributed by atoms with Crippen LogP contribution < -0.4 is 0 Å². The third-order valence-electron chi connectivity index (χ3n) is 5.49. The summed E-state index contributed by atoms with van der Waals surface area (Å²) in [5.41, 5.74) is 1.78. The van der Waals surface area contributed by atoms with E-state index in [4.69, 9.17) is 0 Å². The van der Waals surface area contributed by atoms with Crippen molar-refractivity contribution in [2.45, 2.75) is 53.4 Å². The molecular formula is C16H24F2. The highest BCUT2D eigenvalue weighted by Crippen LogP contribution is 2.55. The fraction of sp³-hybridized carbons (Fsp3) is 0.750. The SMILES string of the molecule is CC(C)C1CC=C2CC(=C(F)F)CC[C@]2(C)C1C. The summed E-state index contributed by atoms with van der Waals surface area (Å²) in [6, 6.07) is 0. The summed E-state index contributed by atoms with van der Waals surface area (Å²) in [5.74, 6) is 1.96. The molecule has 102 valence electrons. The molecule has 0 amide bonds. The molecule has 2 unspecified atom stereocenters. The zero-order valence-electron chi connectivity index (χ0n) is 11.9. The molecule has 2 aliphatic carbocycles. The van der Waals surface area contributed by atoms with E-state index in [1.54, 1.807) is 0 Å². The molecular weight excluding hydrogens is 230 g/mol. The molecule has 0 aliphatic heterocycles. The Bertz CT molecular complexity index is 388. The lowest BCUT2D eigenvalue weighted by atomic mass is 9.55. The number of allylic oxidation sites excluding steroid dienone is 3. The molecule has 0 aromatic rings. The van der Waals surface area contributed by atoms with Crippen LogP contribution in [0, 0.1) is 23.2 Å². The van der Waals surface area contributed by atoms with Crippen LogP contribution in [0.2, 0.25) is 0 Å². The quantitative estimate of drug-likeness (QED) is 0.537. The Hall–Kier alpha value is -0.660. The summed E-state index contributed by atoms with van der Waals surface area (Å²) < 4.78 is 25.5. The zero-order chi connectivity index (χ0) is 13.5. The van der Waals surface area contributed by atoms with Crippen LogP contribution in [0.1, 0.15) is 53.4 Å². The number of hydrogen-bond acceptors (Lipinski definition) is 0. The van der Waals surface area contributed by atoms with Gasteiger partial charge in [0.25, 0.3) is 6.08 Å². The molecule has 2 heteroatoms. The average Bonchev–Trinajstić information content (AvgIpc) is 2.29. The van der Waals surface area contributed by atoms with Crippen LogP contribution in [-0.4, -0.2) is 0 Å². The van der Waals surface area contributed by atoms with Gasteiger partial charge in [-0.25, -0.2) is 0 Å². The lowest BCUT2D eigenvalue weighted by Crippen LogP contribution is -2.40. The van der Waals surface area contributed by atoms with Gasteiger partial charge in [0.1, 0.15) is 0 Å². The monoisotopic (exact) mass is 254 g/mol. The summed E-state index contributed by atoms with van der Waals surface area (Å²) in [6.07, 6.45) is 3.84. The normalized spacial score (nSPS) is 36.4. The lowest BCUT2D eigenvalue weighted by molar-refractivity contribution is 0.104. The fourth-order valence-electron chi connectivity index (χ4n) is 3.88. The second kappa shape index (κ2) is 4.79. The highest BCUT2D eigenvalue weighted by Gasteiger charge is 2.44. The van der Waals surface area contributed by atoms with Gasteiger partial charge in [-0.05, 0) is 54.4 Å². The van der Waals surface area contributed by atoms with E-state index in [9.17, 15) is 8.78 Å². The molecule has 0 spiro atoms. The van der Waals surface area contributed by atoms with Crippen molar-refractivity contribution >= 4 is 0 Å². The number of fused-ring (bicyclic) bond motifs is 1. The second-order valence-corrected chi connectivity index (χ2v) is 6.62. The van der Waals surface area contributed by atoms with Crippen molar-refractivity contribution in [1.29, 1.82) is 0 Å². The van der Waals surface area contributed by atoms with E-state index >= 15 is 0 Å². The first kappa shape index (κ1) is 13.8. The first-order chi connectivity index (χ1) is 8.36. The van der Waals surface area contributed by atoms with E-state index in [-0.39, 0.29) is 5.41 Å².